The Morgan fingerprint density at radius 2 is 2.00 bits per heavy atom. The molecular formula is C12H10N2O3. The first kappa shape index (κ1) is 11.1. The van der Waals surface area contributed by atoms with Gasteiger partial charge in [-0.05, 0) is 18.6 Å². The summed E-state index contributed by atoms with van der Waals surface area (Å²) in [6, 6.07) is 6.68. The molecule has 0 aliphatic carbocycles. The normalized spacial score (nSPS) is 10.2. The van der Waals surface area contributed by atoms with Crippen molar-refractivity contribution in [3.63, 3.8) is 0 Å². The van der Waals surface area contributed by atoms with Crippen LogP contribution >= 0.6 is 0 Å². The minimum Gasteiger partial charge on any atom is -0.313 e. The molecule has 0 fully saturated rings. The first-order valence-corrected chi connectivity index (χ1v) is 5.01. The van der Waals surface area contributed by atoms with Gasteiger partial charge in [-0.2, -0.15) is 0 Å². The maximum atomic E-state index is 11.6. The summed E-state index contributed by atoms with van der Waals surface area (Å²) < 4.78 is 0. The van der Waals surface area contributed by atoms with E-state index in [0.717, 1.165) is 0 Å². The van der Waals surface area contributed by atoms with E-state index >= 15 is 0 Å². The third kappa shape index (κ3) is 2.23. The summed E-state index contributed by atoms with van der Waals surface area (Å²) in [6.07, 6.45) is 1.33. The molecule has 86 valence electrons. The van der Waals surface area contributed by atoms with Crippen LogP contribution in [0.2, 0.25) is 0 Å². The van der Waals surface area contributed by atoms with E-state index in [1.54, 1.807) is 24.3 Å². The lowest BCUT2D eigenvalue weighted by Crippen LogP contribution is -2.22. The number of nitrogens with one attached hydrogen (secondary N) is 2. The number of benzene rings is 1. The fraction of sp³-hybridized carbons (Fsp3) is 0.0833. The number of carbonyl (C=O) groups excluding carboxylic acids is 1. The largest absolute Gasteiger partial charge is 0.325 e. The van der Waals surface area contributed by atoms with E-state index in [1.165, 1.54) is 13.1 Å². The zero-order valence-corrected chi connectivity index (χ0v) is 9.11. The Balaban J connectivity index is 2.61. The molecule has 0 unspecified atom stereocenters. The van der Waals surface area contributed by atoms with Gasteiger partial charge in [0, 0.05) is 11.8 Å². The van der Waals surface area contributed by atoms with Crippen LogP contribution in [0.3, 0.4) is 0 Å². The molecule has 1 aromatic heterocycles. The van der Waals surface area contributed by atoms with Gasteiger partial charge in [0.15, 0.2) is 5.78 Å². The van der Waals surface area contributed by atoms with Crippen molar-refractivity contribution >= 4 is 5.78 Å². The molecule has 1 heterocycles. The van der Waals surface area contributed by atoms with Crippen molar-refractivity contribution in [2.45, 2.75) is 6.92 Å². The Hall–Kier alpha value is -2.43. The zero-order chi connectivity index (χ0) is 12.4. The minimum absolute atomic E-state index is 0.0762. The second-order valence-corrected chi connectivity index (χ2v) is 3.62. The Bertz CT molecular complexity index is 682. The molecule has 5 heteroatoms. The van der Waals surface area contributed by atoms with E-state index in [4.69, 9.17) is 0 Å². The van der Waals surface area contributed by atoms with Crippen LogP contribution in [-0.2, 0) is 0 Å². The molecule has 0 aliphatic rings. The molecule has 0 aliphatic heterocycles. The van der Waals surface area contributed by atoms with E-state index in [-0.39, 0.29) is 5.78 Å². The zero-order valence-electron chi connectivity index (χ0n) is 9.11. The van der Waals surface area contributed by atoms with Gasteiger partial charge in [0.1, 0.15) is 0 Å². The van der Waals surface area contributed by atoms with E-state index in [1.807, 2.05) is 0 Å². The highest BCUT2D eigenvalue weighted by Gasteiger charge is 2.06. The van der Waals surface area contributed by atoms with Crippen molar-refractivity contribution in [1.82, 2.24) is 9.97 Å². The Morgan fingerprint density at radius 1 is 1.24 bits per heavy atom. The molecule has 0 spiro atoms. The standard InChI is InChI=1S/C12H10N2O3/c1-7(15)8-3-2-4-9(5-8)10-6-13-12(17)14-11(10)16/h2-6H,1H3,(H2,13,14,16,17). The number of rotatable bonds is 2. The first-order valence-electron chi connectivity index (χ1n) is 5.01. The molecule has 0 radical (unpaired) electrons. The van der Waals surface area contributed by atoms with Crippen molar-refractivity contribution in [2.75, 3.05) is 0 Å². The predicted octanol–water partition coefficient (Wildman–Crippen LogP) is 0.933. The lowest BCUT2D eigenvalue weighted by Gasteiger charge is -2.01. The molecule has 2 rings (SSSR count). The van der Waals surface area contributed by atoms with Crippen molar-refractivity contribution in [2.24, 2.45) is 0 Å². The molecule has 2 N–H and O–H groups in total. The topological polar surface area (TPSA) is 82.8 Å². The monoisotopic (exact) mass is 230 g/mol. The summed E-state index contributed by atoms with van der Waals surface area (Å²) in [5.41, 5.74) is 0.409. The van der Waals surface area contributed by atoms with E-state index < -0.39 is 11.2 Å². The molecule has 0 amide bonds. The Kier molecular flexibility index (Phi) is 2.74. The lowest BCUT2D eigenvalue weighted by molar-refractivity contribution is 0.101. The number of Topliss-reactive ketones (excluding diaryl/α,β-unsaturated/α-hetero) is 1. The molecular weight excluding hydrogens is 220 g/mol. The molecule has 0 saturated heterocycles. The van der Waals surface area contributed by atoms with Gasteiger partial charge >= 0.3 is 5.69 Å². The van der Waals surface area contributed by atoms with Crippen LogP contribution in [0.1, 0.15) is 17.3 Å². The van der Waals surface area contributed by atoms with E-state index in [2.05, 4.69) is 9.97 Å². The quantitative estimate of drug-likeness (QED) is 0.753. The predicted molar refractivity (Wildman–Crippen MR) is 63.1 cm³/mol. The maximum absolute atomic E-state index is 11.6. The maximum Gasteiger partial charge on any atom is 0.325 e. The van der Waals surface area contributed by atoms with Crippen molar-refractivity contribution < 1.29 is 4.79 Å². The van der Waals surface area contributed by atoms with Gasteiger partial charge < -0.3 is 4.98 Å². The molecule has 17 heavy (non-hydrogen) atoms. The van der Waals surface area contributed by atoms with Gasteiger partial charge in [0.05, 0.1) is 5.56 Å². The van der Waals surface area contributed by atoms with Crippen LogP contribution in [0.5, 0.6) is 0 Å². The number of hydrogen-bond donors (Lipinski definition) is 2. The summed E-state index contributed by atoms with van der Waals surface area (Å²) >= 11 is 0. The highest BCUT2D eigenvalue weighted by molar-refractivity contribution is 5.95. The summed E-state index contributed by atoms with van der Waals surface area (Å²) in [5, 5.41) is 0. The Morgan fingerprint density at radius 3 is 2.65 bits per heavy atom. The van der Waals surface area contributed by atoms with Gasteiger partial charge in [-0.1, -0.05) is 18.2 Å². The summed E-state index contributed by atoms with van der Waals surface area (Å²) in [4.78, 5) is 38.2. The van der Waals surface area contributed by atoms with Crippen LogP contribution in [0.15, 0.2) is 40.1 Å². The molecule has 5 nitrogen and oxygen atoms in total. The fourth-order valence-electron chi connectivity index (χ4n) is 1.53. The Labute approximate surface area is 96.1 Å². The molecule has 1 aromatic carbocycles. The van der Waals surface area contributed by atoms with Crippen molar-refractivity contribution in [3.8, 4) is 11.1 Å². The van der Waals surface area contributed by atoms with Gasteiger partial charge in [-0.25, -0.2) is 4.79 Å². The summed E-state index contributed by atoms with van der Waals surface area (Å²) in [5.74, 6) is -0.0762. The van der Waals surface area contributed by atoms with Crippen LogP contribution in [0.25, 0.3) is 11.1 Å². The second kappa shape index (κ2) is 4.21. The SMILES string of the molecule is CC(=O)c1cccc(-c2c[nH]c(=O)[nH]c2=O)c1. The number of ketones is 1. The van der Waals surface area contributed by atoms with Gasteiger partial charge in [0.2, 0.25) is 0 Å². The summed E-state index contributed by atoms with van der Waals surface area (Å²) in [7, 11) is 0. The number of hydrogen-bond acceptors (Lipinski definition) is 3. The molecule has 2 aromatic rings. The third-order valence-corrected chi connectivity index (χ3v) is 2.40. The average Bonchev–Trinajstić information content (AvgIpc) is 2.29. The van der Waals surface area contributed by atoms with Crippen LogP contribution < -0.4 is 11.2 Å². The van der Waals surface area contributed by atoms with E-state index in [9.17, 15) is 14.4 Å². The van der Waals surface area contributed by atoms with Gasteiger partial charge in [-0.3, -0.25) is 14.6 Å². The van der Waals surface area contributed by atoms with Gasteiger partial charge in [-0.15, -0.1) is 0 Å². The van der Waals surface area contributed by atoms with Crippen LogP contribution in [0.4, 0.5) is 0 Å². The van der Waals surface area contributed by atoms with E-state index in [0.29, 0.717) is 16.7 Å². The molecule has 0 saturated carbocycles. The lowest BCUT2D eigenvalue weighted by atomic mass is 10.0. The van der Waals surface area contributed by atoms with Gasteiger partial charge in [0.25, 0.3) is 5.56 Å². The molecule has 0 bridgehead atoms. The second-order valence-electron chi connectivity index (χ2n) is 3.62. The average molecular weight is 230 g/mol. The number of H-pyrrole nitrogens is 2. The number of carbonyl (C=O) groups is 1. The number of aromatic nitrogens is 2. The first-order chi connectivity index (χ1) is 8.08. The highest BCUT2D eigenvalue weighted by Crippen LogP contribution is 2.15. The minimum atomic E-state index is -0.554. The third-order valence-electron chi connectivity index (χ3n) is 2.40. The number of aromatic amines is 2. The fourth-order valence-corrected chi connectivity index (χ4v) is 1.53. The smallest absolute Gasteiger partial charge is 0.313 e. The highest BCUT2D eigenvalue weighted by atomic mass is 16.2. The molecule has 0 atom stereocenters. The van der Waals surface area contributed by atoms with Crippen molar-refractivity contribution in [1.29, 1.82) is 0 Å². The van der Waals surface area contributed by atoms with Crippen LogP contribution in [-0.4, -0.2) is 15.8 Å². The van der Waals surface area contributed by atoms with Crippen molar-refractivity contribution in [3.05, 3.63) is 56.9 Å². The van der Waals surface area contributed by atoms with Crippen LogP contribution in [0, 0.1) is 0 Å². The summed E-state index contributed by atoms with van der Waals surface area (Å²) in [6.45, 7) is 1.45.